The van der Waals surface area contributed by atoms with E-state index in [4.69, 9.17) is 9.84 Å². The maximum Gasteiger partial charge on any atom is 0.325 e. The van der Waals surface area contributed by atoms with Crippen LogP contribution in [0.3, 0.4) is 0 Å². The van der Waals surface area contributed by atoms with Crippen molar-refractivity contribution in [3.63, 3.8) is 0 Å². The number of aromatic nitrogens is 1. The Labute approximate surface area is 226 Å². The van der Waals surface area contributed by atoms with Crippen LogP contribution in [0.25, 0.3) is 0 Å². The van der Waals surface area contributed by atoms with Crippen molar-refractivity contribution in [2.75, 3.05) is 31.0 Å². The molecule has 1 aliphatic heterocycles. The molecule has 3 amide bonds. The zero-order chi connectivity index (χ0) is 28.4. The van der Waals surface area contributed by atoms with Gasteiger partial charge in [0.15, 0.2) is 11.6 Å². The fourth-order valence-corrected chi connectivity index (χ4v) is 3.95. The molecule has 1 unspecified atom stereocenters. The summed E-state index contributed by atoms with van der Waals surface area (Å²) in [6, 6.07) is 6.75. The van der Waals surface area contributed by atoms with Crippen molar-refractivity contribution < 1.29 is 28.6 Å². The van der Waals surface area contributed by atoms with Crippen LogP contribution >= 0.6 is 0 Å². The zero-order valence-corrected chi connectivity index (χ0v) is 22.2. The Morgan fingerprint density at radius 2 is 2.00 bits per heavy atom. The summed E-state index contributed by atoms with van der Waals surface area (Å²) in [5.41, 5.74) is 0.386. The van der Waals surface area contributed by atoms with E-state index in [0.717, 1.165) is 0 Å². The number of carbonyl (C=O) groups is 3. The molecule has 2 aromatic rings. The molecule has 3 rings (SSSR count). The number of carbonyl (C=O) groups excluding carboxylic acids is 2. The molecule has 0 spiro atoms. The van der Waals surface area contributed by atoms with Crippen molar-refractivity contribution in [1.82, 2.24) is 20.2 Å². The van der Waals surface area contributed by atoms with Crippen LogP contribution in [0, 0.1) is 11.7 Å². The monoisotopic (exact) mass is 543 g/mol. The molecule has 1 aliphatic rings. The summed E-state index contributed by atoms with van der Waals surface area (Å²) in [5.74, 6) is -1.01. The lowest BCUT2D eigenvalue weighted by atomic mass is 10.1. The molecule has 1 aromatic carbocycles. The number of carboxylic acid groups (broad SMARTS) is 1. The summed E-state index contributed by atoms with van der Waals surface area (Å²) in [7, 11) is 1.44. The van der Waals surface area contributed by atoms with E-state index < -0.39 is 17.8 Å². The van der Waals surface area contributed by atoms with E-state index in [1.54, 1.807) is 29.5 Å². The second-order valence-electron chi connectivity index (χ2n) is 9.45. The Kier molecular flexibility index (Phi) is 10.4. The average molecular weight is 544 g/mol. The first-order valence-electron chi connectivity index (χ1n) is 12.6. The number of amides is 3. The molecule has 13 heteroatoms. The average Bonchev–Trinajstić information content (AvgIpc) is 3.34. The fraction of sp³-hybridized carbons (Fsp3) is 0.423. The third-order valence-electron chi connectivity index (χ3n) is 5.79. The number of ether oxygens (including phenoxy) is 1. The number of anilines is 2. The number of hydrogen-bond donors (Lipinski definition) is 4. The number of benzene rings is 1. The Bertz CT molecular complexity index is 1190. The van der Waals surface area contributed by atoms with Crippen molar-refractivity contribution in [1.29, 1.82) is 0 Å². The number of methoxy groups -OCH3 is 1. The number of pyridine rings is 1. The maximum absolute atomic E-state index is 14.7. The third-order valence-corrected chi connectivity index (χ3v) is 5.79. The zero-order valence-electron chi connectivity index (χ0n) is 22.2. The molecule has 0 fully saturated rings. The highest BCUT2D eigenvalue weighted by Crippen LogP contribution is 2.21. The molecule has 12 nitrogen and oxygen atoms in total. The minimum absolute atomic E-state index is 0.0551. The van der Waals surface area contributed by atoms with Crippen LogP contribution in [0.5, 0.6) is 5.75 Å². The van der Waals surface area contributed by atoms with Gasteiger partial charge in [0.05, 0.1) is 19.2 Å². The lowest BCUT2D eigenvalue weighted by molar-refractivity contribution is -0.137. The van der Waals surface area contributed by atoms with Crippen molar-refractivity contribution >= 4 is 35.8 Å². The van der Waals surface area contributed by atoms with E-state index in [2.05, 4.69) is 26.0 Å². The van der Waals surface area contributed by atoms with Crippen molar-refractivity contribution in [2.24, 2.45) is 11.0 Å². The van der Waals surface area contributed by atoms with Crippen LogP contribution in [0.1, 0.15) is 38.7 Å². The first-order valence-corrected chi connectivity index (χ1v) is 12.6. The topological polar surface area (TPSA) is 148 Å². The van der Waals surface area contributed by atoms with E-state index >= 15 is 0 Å². The Balaban J connectivity index is 1.55. The van der Waals surface area contributed by atoms with Gasteiger partial charge in [-0.1, -0.05) is 19.9 Å². The van der Waals surface area contributed by atoms with Gasteiger partial charge in [-0.3, -0.25) is 19.9 Å². The van der Waals surface area contributed by atoms with Crippen LogP contribution in [-0.4, -0.2) is 70.7 Å². The van der Waals surface area contributed by atoms with Crippen molar-refractivity contribution in [3.8, 4) is 5.75 Å². The van der Waals surface area contributed by atoms with Crippen LogP contribution in [-0.2, 0) is 16.0 Å². The van der Waals surface area contributed by atoms with Gasteiger partial charge in [-0.2, -0.15) is 5.10 Å². The summed E-state index contributed by atoms with van der Waals surface area (Å²) >= 11 is 0. The molecule has 4 N–H and O–H groups in total. The van der Waals surface area contributed by atoms with Crippen LogP contribution < -0.4 is 20.7 Å². The van der Waals surface area contributed by atoms with E-state index in [9.17, 15) is 18.8 Å². The van der Waals surface area contributed by atoms with Gasteiger partial charge in [0.1, 0.15) is 25.0 Å². The second-order valence-corrected chi connectivity index (χ2v) is 9.45. The van der Waals surface area contributed by atoms with Gasteiger partial charge < -0.3 is 25.4 Å². The van der Waals surface area contributed by atoms with Gasteiger partial charge in [-0.05, 0) is 48.6 Å². The van der Waals surface area contributed by atoms with Gasteiger partial charge in [0.25, 0.3) is 0 Å². The molecule has 0 saturated heterocycles. The number of hydrogen-bond acceptors (Lipinski definition) is 8. The largest absolute Gasteiger partial charge is 0.493 e. The van der Waals surface area contributed by atoms with Crippen molar-refractivity contribution in [3.05, 3.63) is 47.9 Å². The smallest absolute Gasteiger partial charge is 0.325 e. The van der Waals surface area contributed by atoms with Gasteiger partial charge in [0, 0.05) is 19.2 Å². The van der Waals surface area contributed by atoms with Gasteiger partial charge in [-0.15, -0.1) is 0 Å². The lowest BCUT2D eigenvalue weighted by Gasteiger charge is -2.30. The predicted molar refractivity (Wildman–Crippen MR) is 144 cm³/mol. The number of aliphatic carboxylic acids is 1. The Morgan fingerprint density at radius 3 is 2.69 bits per heavy atom. The van der Waals surface area contributed by atoms with Crippen LogP contribution in [0.4, 0.5) is 20.7 Å². The predicted octanol–water partition coefficient (Wildman–Crippen LogP) is 3.29. The fourth-order valence-electron chi connectivity index (χ4n) is 3.95. The number of hydrazone groups is 1. The molecule has 0 saturated carbocycles. The lowest BCUT2D eigenvalue weighted by Crippen LogP contribution is -2.49. The molecule has 39 heavy (non-hydrogen) atoms. The molecule has 1 aromatic heterocycles. The summed E-state index contributed by atoms with van der Waals surface area (Å²) in [4.78, 5) is 41.8. The Morgan fingerprint density at radius 1 is 1.21 bits per heavy atom. The van der Waals surface area contributed by atoms with E-state index in [0.29, 0.717) is 37.4 Å². The standard InChI is InChI=1S/C26H34FN7O5/c1-17(2)12-22(33-15-29-34(16-33)11-5-7-24(36)37)31-23(35)14-18-8-9-20(19(27)13-18)30-26(38)32-25-21(39-3)6-4-10-28-25/h4,6,8-10,13,15,17,22H,5,7,11-12,14,16H2,1-3H3,(H,31,35)(H,36,37)(H2,28,30,32,38). The van der Waals surface area contributed by atoms with E-state index in [1.807, 2.05) is 18.7 Å². The first kappa shape index (κ1) is 29.1. The van der Waals surface area contributed by atoms with E-state index in [1.165, 1.54) is 25.4 Å². The number of nitrogens with one attached hydrogen (secondary N) is 3. The third kappa shape index (κ3) is 9.13. The van der Waals surface area contributed by atoms with Gasteiger partial charge >= 0.3 is 12.0 Å². The Hall–Kier alpha value is -4.42. The summed E-state index contributed by atoms with van der Waals surface area (Å²) in [5, 5.41) is 22.8. The number of halogens is 1. The number of rotatable bonds is 13. The number of nitrogens with zero attached hydrogens (tertiary/aromatic N) is 4. The molecule has 210 valence electrons. The summed E-state index contributed by atoms with van der Waals surface area (Å²) in [6.45, 7) is 5.00. The summed E-state index contributed by atoms with van der Waals surface area (Å²) in [6.07, 6.45) is 3.93. The number of carboxylic acids is 1. The minimum atomic E-state index is -0.853. The van der Waals surface area contributed by atoms with Gasteiger partial charge in [-0.25, -0.2) is 14.2 Å². The van der Waals surface area contributed by atoms with Crippen LogP contribution in [0.2, 0.25) is 0 Å². The molecular weight excluding hydrogens is 509 g/mol. The highest BCUT2D eigenvalue weighted by molar-refractivity contribution is 6.00. The molecule has 0 radical (unpaired) electrons. The van der Waals surface area contributed by atoms with E-state index in [-0.39, 0.29) is 42.3 Å². The second kappa shape index (κ2) is 13.9. The maximum atomic E-state index is 14.7. The quantitative estimate of drug-likeness (QED) is 0.301. The van der Waals surface area contributed by atoms with Gasteiger partial charge in [0.2, 0.25) is 5.91 Å². The molecular formula is C26H34FN7O5. The number of urea groups is 1. The highest BCUT2D eigenvalue weighted by atomic mass is 19.1. The van der Waals surface area contributed by atoms with Crippen molar-refractivity contribution in [2.45, 2.75) is 45.7 Å². The molecule has 0 bridgehead atoms. The summed E-state index contributed by atoms with van der Waals surface area (Å²) < 4.78 is 19.9. The molecule has 1 atom stereocenters. The first-order chi connectivity index (χ1) is 18.6. The molecule has 0 aliphatic carbocycles. The normalized spacial score (nSPS) is 13.4. The van der Waals surface area contributed by atoms with Crippen LogP contribution in [0.15, 0.2) is 41.6 Å². The highest BCUT2D eigenvalue weighted by Gasteiger charge is 2.25. The molecule has 2 heterocycles. The minimum Gasteiger partial charge on any atom is -0.493 e. The SMILES string of the molecule is COc1cccnc1NC(=O)Nc1ccc(CC(=O)NC(CC(C)C)N2C=NN(CCCC(=O)O)C2)cc1F.